The van der Waals surface area contributed by atoms with Crippen LogP contribution in [0, 0.1) is 0 Å². The lowest BCUT2D eigenvalue weighted by atomic mass is 9.95. The molecule has 1 N–H and O–H groups in total. The van der Waals surface area contributed by atoms with E-state index in [9.17, 15) is 9.90 Å². The molecule has 138 valence electrons. The minimum absolute atomic E-state index is 0.104. The normalized spacial score (nSPS) is 15.3. The van der Waals surface area contributed by atoms with Crippen molar-refractivity contribution in [2.45, 2.75) is 38.7 Å². The molecule has 0 aromatic heterocycles. The van der Waals surface area contributed by atoms with Crippen molar-refractivity contribution in [1.82, 2.24) is 0 Å². The Morgan fingerprint density at radius 2 is 1.81 bits per heavy atom. The van der Waals surface area contributed by atoms with Crippen LogP contribution in [0.4, 0.5) is 5.69 Å². The molecular weight excluding hydrogens is 350 g/mol. The number of phenolic OH excluding ortho intramolecular Hbond substituents is 1. The highest BCUT2D eigenvalue weighted by molar-refractivity contribution is 6.30. The average molecular weight is 374 g/mol. The van der Waals surface area contributed by atoms with Gasteiger partial charge in [-0.05, 0) is 42.3 Å². The topological polar surface area (TPSA) is 49.8 Å². The van der Waals surface area contributed by atoms with Gasteiger partial charge in [-0.25, -0.2) is 0 Å². The first kappa shape index (κ1) is 18.6. The van der Waals surface area contributed by atoms with Crippen molar-refractivity contribution in [3.63, 3.8) is 0 Å². The number of carbonyl (C=O) groups excluding carboxylic acids is 1. The number of benzene rings is 2. The number of hydrogen-bond donors (Lipinski definition) is 1. The Bertz CT molecular complexity index is 766. The Morgan fingerprint density at radius 3 is 2.38 bits per heavy atom. The van der Waals surface area contributed by atoms with Gasteiger partial charge < -0.3 is 14.7 Å². The standard InChI is InChI=1S/C21H24ClNO3/c1-14(2)20-19(8-3-15(13-24)21(20)25)23-11-9-18(10-12-23)26-17-6-4-16(22)5-7-17/h3-8,13-14,18,25H,9-12H2,1-2H3. The van der Waals surface area contributed by atoms with Crippen LogP contribution in [0.15, 0.2) is 36.4 Å². The van der Waals surface area contributed by atoms with E-state index in [1.54, 1.807) is 6.07 Å². The molecule has 0 unspecified atom stereocenters. The maximum absolute atomic E-state index is 11.1. The molecule has 0 saturated carbocycles. The van der Waals surface area contributed by atoms with Crippen molar-refractivity contribution >= 4 is 23.6 Å². The van der Waals surface area contributed by atoms with Crippen LogP contribution in [0.25, 0.3) is 0 Å². The van der Waals surface area contributed by atoms with Gasteiger partial charge in [0.15, 0.2) is 6.29 Å². The third-order valence-corrected chi connectivity index (χ3v) is 5.08. The second-order valence-electron chi connectivity index (χ2n) is 6.97. The predicted molar refractivity (Wildman–Crippen MR) is 105 cm³/mol. The zero-order valence-corrected chi connectivity index (χ0v) is 15.9. The number of rotatable bonds is 5. The Labute approximate surface area is 159 Å². The fourth-order valence-corrected chi connectivity index (χ4v) is 3.60. The van der Waals surface area contributed by atoms with Crippen LogP contribution in [-0.4, -0.2) is 30.6 Å². The molecule has 1 fully saturated rings. The molecule has 26 heavy (non-hydrogen) atoms. The lowest BCUT2D eigenvalue weighted by Crippen LogP contribution is -2.38. The van der Waals surface area contributed by atoms with Crippen LogP contribution in [0.2, 0.25) is 5.02 Å². The average Bonchev–Trinajstić information content (AvgIpc) is 2.63. The van der Waals surface area contributed by atoms with E-state index in [4.69, 9.17) is 16.3 Å². The monoisotopic (exact) mass is 373 g/mol. The summed E-state index contributed by atoms with van der Waals surface area (Å²) in [5.41, 5.74) is 2.19. The molecule has 1 aliphatic rings. The molecular formula is C21H24ClNO3. The second-order valence-corrected chi connectivity index (χ2v) is 7.40. The Morgan fingerprint density at radius 1 is 1.15 bits per heavy atom. The Balaban J connectivity index is 1.71. The van der Waals surface area contributed by atoms with Crippen molar-refractivity contribution in [3.05, 3.63) is 52.5 Å². The number of aromatic hydroxyl groups is 1. The van der Waals surface area contributed by atoms with Crippen LogP contribution in [-0.2, 0) is 0 Å². The third-order valence-electron chi connectivity index (χ3n) is 4.83. The number of aldehydes is 1. The summed E-state index contributed by atoms with van der Waals surface area (Å²) in [7, 11) is 0. The zero-order chi connectivity index (χ0) is 18.7. The fraction of sp³-hybridized carbons (Fsp3) is 0.381. The first-order valence-corrected chi connectivity index (χ1v) is 9.35. The van der Waals surface area contributed by atoms with E-state index in [1.165, 1.54) is 0 Å². The zero-order valence-electron chi connectivity index (χ0n) is 15.1. The van der Waals surface area contributed by atoms with Crippen molar-refractivity contribution in [3.8, 4) is 11.5 Å². The van der Waals surface area contributed by atoms with Crippen molar-refractivity contribution in [2.24, 2.45) is 0 Å². The lowest BCUT2D eigenvalue weighted by Gasteiger charge is -2.35. The van der Waals surface area contributed by atoms with Gasteiger partial charge in [-0.2, -0.15) is 0 Å². The Hall–Kier alpha value is -2.20. The van der Waals surface area contributed by atoms with Gasteiger partial charge in [-0.1, -0.05) is 25.4 Å². The van der Waals surface area contributed by atoms with Gasteiger partial charge in [-0.3, -0.25) is 4.79 Å². The molecule has 1 saturated heterocycles. The number of carbonyl (C=O) groups is 1. The summed E-state index contributed by atoms with van der Waals surface area (Å²) in [6, 6.07) is 11.1. The first-order valence-electron chi connectivity index (χ1n) is 8.97. The van der Waals surface area contributed by atoms with Crippen molar-refractivity contribution < 1.29 is 14.6 Å². The highest BCUT2D eigenvalue weighted by Crippen LogP contribution is 2.38. The van der Waals surface area contributed by atoms with E-state index in [1.807, 2.05) is 44.2 Å². The molecule has 2 aromatic carbocycles. The molecule has 0 bridgehead atoms. The fourth-order valence-electron chi connectivity index (χ4n) is 3.47. The maximum Gasteiger partial charge on any atom is 0.153 e. The predicted octanol–water partition coefficient (Wildman–Crippen LogP) is 5.03. The van der Waals surface area contributed by atoms with Gasteiger partial charge in [0.05, 0.1) is 5.56 Å². The van der Waals surface area contributed by atoms with E-state index in [2.05, 4.69) is 4.90 Å². The van der Waals surface area contributed by atoms with Gasteiger partial charge in [0, 0.05) is 42.2 Å². The van der Waals surface area contributed by atoms with Gasteiger partial charge in [0.2, 0.25) is 0 Å². The number of ether oxygens (including phenoxy) is 1. The SMILES string of the molecule is CC(C)c1c(N2CCC(Oc3ccc(Cl)cc3)CC2)ccc(C=O)c1O. The second kappa shape index (κ2) is 8.00. The molecule has 0 spiro atoms. The van der Waals surface area contributed by atoms with Crippen molar-refractivity contribution in [2.75, 3.05) is 18.0 Å². The van der Waals surface area contributed by atoms with Crippen LogP contribution >= 0.6 is 11.6 Å². The van der Waals surface area contributed by atoms with Gasteiger partial charge in [0.1, 0.15) is 17.6 Å². The van der Waals surface area contributed by atoms with E-state index in [0.717, 1.165) is 42.9 Å². The van der Waals surface area contributed by atoms with E-state index in [0.29, 0.717) is 16.9 Å². The summed E-state index contributed by atoms with van der Waals surface area (Å²) >= 11 is 5.91. The highest BCUT2D eigenvalue weighted by Gasteiger charge is 2.25. The minimum Gasteiger partial charge on any atom is -0.507 e. The largest absolute Gasteiger partial charge is 0.507 e. The minimum atomic E-state index is 0.104. The molecule has 5 heteroatoms. The molecule has 0 amide bonds. The molecule has 2 aromatic rings. The van der Waals surface area contributed by atoms with Crippen LogP contribution in [0.3, 0.4) is 0 Å². The molecule has 0 radical (unpaired) electrons. The van der Waals surface area contributed by atoms with E-state index < -0.39 is 0 Å². The van der Waals surface area contributed by atoms with Crippen LogP contribution in [0.5, 0.6) is 11.5 Å². The summed E-state index contributed by atoms with van der Waals surface area (Å²) in [5, 5.41) is 11.1. The lowest BCUT2D eigenvalue weighted by molar-refractivity contribution is 0.112. The number of hydrogen-bond acceptors (Lipinski definition) is 4. The van der Waals surface area contributed by atoms with E-state index >= 15 is 0 Å². The number of halogens is 1. The van der Waals surface area contributed by atoms with Gasteiger partial charge in [-0.15, -0.1) is 0 Å². The van der Waals surface area contributed by atoms with Crippen molar-refractivity contribution in [1.29, 1.82) is 0 Å². The van der Waals surface area contributed by atoms with Crippen LogP contribution in [0.1, 0.15) is 48.5 Å². The quantitative estimate of drug-likeness (QED) is 0.747. The summed E-state index contributed by atoms with van der Waals surface area (Å²) in [6.07, 6.45) is 2.67. The van der Waals surface area contributed by atoms with Crippen LogP contribution < -0.4 is 9.64 Å². The summed E-state index contributed by atoms with van der Waals surface area (Å²) in [5.74, 6) is 1.07. The smallest absolute Gasteiger partial charge is 0.153 e. The summed E-state index contributed by atoms with van der Waals surface area (Å²) in [4.78, 5) is 13.4. The molecule has 3 rings (SSSR count). The third kappa shape index (κ3) is 3.96. The first-order chi connectivity index (χ1) is 12.5. The van der Waals surface area contributed by atoms with Gasteiger partial charge in [0.25, 0.3) is 0 Å². The van der Waals surface area contributed by atoms with E-state index in [-0.39, 0.29) is 17.8 Å². The number of piperidine rings is 1. The maximum atomic E-state index is 11.1. The summed E-state index contributed by atoms with van der Waals surface area (Å²) in [6.45, 7) is 5.75. The Kier molecular flexibility index (Phi) is 5.72. The molecule has 1 heterocycles. The summed E-state index contributed by atoms with van der Waals surface area (Å²) < 4.78 is 6.05. The number of nitrogens with zero attached hydrogens (tertiary/aromatic N) is 1. The molecule has 1 aliphatic heterocycles. The number of phenols is 1. The molecule has 0 aliphatic carbocycles. The molecule has 0 atom stereocenters. The van der Waals surface area contributed by atoms with Gasteiger partial charge >= 0.3 is 0 Å². The highest BCUT2D eigenvalue weighted by atomic mass is 35.5. The number of anilines is 1. The molecule has 4 nitrogen and oxygen atoms in total.